The summed E-state index contributed by atoms with van der Waals surface area (Å²) in [5.74, 6) is -0.282. The second-order valence-electron chi connectivity index (χ2n) is 5.73. The van der Waals surface area contributed by atoms with E-state index in [0.29, 0.717) is 0 Å². The van der Waals surface area contributed by atoms with Crippen molar-refractivity contribution in [2.45, 2.75) is 23.9 Å². The molecule has 0 spiro atoms. The molecule has 1 aromatic carbocycles. The lowest BCUT2D eigenvalue weighted by atomic mass is 10.0. The van der Waals surface area contributed by atoms with E-state index in [1.165, 1.54) is 12.1 Å². The van der Waals surface area contributed by atoms with Gasteiger partial charge in [0.2, 0.25) is 0 Å². The van der Waals surface area contributed by atoms with Crippen LogP contribution in [0.4, 0.5) is 4.39 Å². The van der Waals surface area contributed by atoms with Crippen LogP contribution in [0.5, 0.6) is 0 Å². The zero-order valence-corrected chi connectivity index (χ0v) is 14.8. The van der Waals surface area contributed by atoms with E-state index in [2.05, 4.69) is 15.3 Å². The predicted octanol–water partition coefficient (Wildman–Crippen LogP) is 3.58. The smallest absolute Gasteiger partial charge is 0.123 e. The zero-order valence-electron chi connectivity index (χ0n) is 13.9. The van der Waals surface area contributed by atoms with Crippen molar-refractivity contribution in [1.82, 2.24) is 10.3 Å². The first-order valence-corrected chi connectivity index (χ1v) is 9.34. The van der Waals surface area contributed by atoms with Gasteiger partial charge in [0, 0.05) is 29.6 Å². The second-order valence-corrected chi connectivity index (χ2v) is 6.56. The van der Waals surface area contributed by atoms with Gasteiger partial charge in [0.25, 0.3) is 0 Å². The predicted molar refractivity (Wildman–Crippen MR) is 101 cm³/mol. The quantitative estimate of drug-likeness (QED) is 0.821. The van der Waals surface area contributed by atoms with Crippen LogP contribution < -0.4 is 5.32 Å². The molecule has 1 atom stereocenters. The Balaban J connectivity index is 2.16. The van der Waals surface area contributed by atoms with E-state index in [9.17, 15) is 9.50 Å². The molecule has 1 aliphatic rings. The van der Waals surface area contributed by atoms with Crippen molar-refractivity contribution in [2.24, 2.45) is 4.99 Å². The Labute approximate surface area is 150 Å². The maximum Gasteiger partial charge on any atom is 0.123 e. The fraction of sp³-hybridized carbons (Fsp3) is 0.263. The van der Waals surface area contributed by atoms with Crippen molar-refractivity contribution in [3.8, 4) is 0 Å². The highest BCUT2D eigenvalue weighted by Gasteiger charge is 2.18. The number of nitrogens with one attached hydrogen (secondary N) is 1. The molecular formula is C19H20FN3OS. The molecule has 2 aromatic rings. The Hall–Kier alpha value is -2.18. The summed E-state index contributed by atoms with van der Waals surface area (Å²) in [6.07, 6.45) is 7.15. The third-order valence-electron chi connectivity index (χ3n) is 4.02. The average molecular weight is 357 g/mol. The Morgan fingerprint density at radius 3 is 2.76 bits per heavy atom. The van der Waals surface area contributed by atoms with E-state index in [-0.39, 0.29) is 18.5 Å². The highest BCUT2D eigenvalue weighted by Crippen LogP contribution is 2.29. The van der Waals surface area contributed by atoms with E-state index in [1.807, 2.05) is 24.6 Å². The Morgan fingerprint density at radius 1 is 1.24 bits per heavy atom. The van der Waals surface area contributed by atoms with E-state index < -0.39 is 0 Å². The molecule has 1 aromatic heterocycles. The topological polar surface area (TPSA) is 57.5 Å². The van der Waals surface area contributed by atoms with Gasteiger partial charge >= 0.3 is 0 Å². The number of hydrogen-bond acceptors (Lipinski definition) is 5. The molecule has 4 nitrogen and oxygen atoms in total. The van der Waals surface area contributed by atoms with Crippen LogP contribution >= 0.6 is 11.8 Å². The molecule has 25 heavy (non-hydrogen) atoms. The first-order valence-electron chi connectivity index (χ1n) is 8.12. The molecule has 1 aliphatic heterocycles. The lowest BCUT2D eigenvalue weighted by Crippen LogP contribution is -2.32. The highest BCUT2D eigenvalue weighted by molar-refractivity contribution is 7.98. The molecule has 0 saturated carbocycles. The first kappa shape index (κ1) is 17.6. The van der Waals surface area contributed by atoms with Gasteiger partial charge in [0.1, 0.15) is 5.82 Å². The fourth-order valence-electron chi connectivity index (χ4n) is 2.70. The maximum atomic E-state index is 13.3. The molecular weight excluding hydrogens is 337 g/mol. The normalized spacial score (nSPS) is 20.7. The summed E-state index contributed by atoms with van der Waals surface area (Å²) in [4.78, 5) is 8.94. The van der Waals surface area contributed by atoms with Crippen molar-refractivity contribution in [2.75, 3.05) is 12.9 Å². The van der Waals surface area contributed by atoms with Crippen molar-refractivity contribution >= 4 is 29.4 Å². The highest BCUT2D eigenvalue weighted by atomic mass is 32.2. The molecule has 3 rings (SSSR count). The third kappa shape index (κ3) is 4.27. The standard InChI is InChI=1S/C19H20FN3OS/c1-25-17-11-14(8-10-21-17)19-18(13-4-6-15(20)7-5-13)22-9-2-3-16(12-24)23-19/h4-11,16,23-24H,2-3,12H2,1H3/b19-18-,22-9?/t16-/m0/s1. The molecule has 0 fully saturated rings. The minimum atomic E-state index is -0.282. The number of hydrogen-bond donors (Lipinski definition) is 2. The van der Waals surface area contributed by atoms with Gasteiger partial charge in [-0.05, 0) is 55.5 Å². The van der Waals surface area contributed by atoms with Crippen LogP contribution in [0.1, 0.15) is 24.0 Å². The van der Waals surface area contributed by atoms with Crippen LogP contribution in [0.2, 0.25) is 0 Å². The van der Waals surface area contributed by atoms with Crippen molar-refractivity contribution in [3.63, 3.8) is 0 Å². The lowest BCUT2D eigenvalue weighted by molar-refractivity contribution is 0.249. The number of aliphatic hydroxyl groups excluding tert-OH is 1. The number of pyridine rings is 1. The average Bonchev–Trinajstić information content (AvgIpc) is 2.63. The molecule has 0 unspecified atom stereocenters. The largest absolute Gasteiger partial charge is 0.394 e. The summed E-state index contributed by atoms with van der Waals surface area (Å²) < 4.78 is 13.3. The van der Waals surface area contributed by atoms with Gasteiger partial charge in [-0.2, -0.15) is 0 Å². The first-order chi connectivity index (χ1) is 12.2. The maximum absolute atomic E-state index is 13.3. The van der Waals surface area contributed by atoms with Crippen molar-refractivity contribution in [3.05, 3.63) is 59.5 Å². The summed E-state index contributed by atoms with van der Waals surface area (Å²) in [6, 6.07) is 10.1. The number of halogens is 1. The number of rotatable bonds is 4. The van der Waals surface area contributed by atoms with E-state index in [0.717, 1.165) is 40.4 Å². The van der Waals surface area contributed by atoms with Crippen LogP contribution in [0, 0.1) is 5.82 Å². The number of aliphatic hydroxyl groups is 1. The fourth-order valence-corrected chi connectivity index (χ4v) is 3.11. The monoisotopic (exact) mass is 357 g/mol. The number of benzene rings is 1. The van der Waals surface area contributed by atoms with Gasteiger partial charge in [-0.15, -0.1) is 11.8 Å². The van der Waals surface area contributed by atoms with E-state index >= 15 is 0 Å². The molecule has 0 saturated heterocycles. The Kier molecular flexibility index (Phi) is 5.83. The van der Waals surface area contributed by atoms with Gasteiger partial charge in [0.05, 0.1) is 23.0 Å². The summed E-state index contributed by atoms with van der Waals surface area (Å²) in [7, 11) is 0. The summed E-state index contributed by atoms with van der Waals surface area (Å²) in [5, 5.41) is 14.0. The van der Waals surface area contributed by atoms with Crippen molar-refractivity contribution < 1.29 is 9.50 Å². The molecule has 2 heterocycles. The Bertz CT molecular complexity index is 790. The zero-order chi connectivity index (χ0) is 17.6. The summed E-state index contributed by atoms with van der Waals surface area (Å²) in [6.45, 7) is 0.0362. The van der Waals surface area contributed by atoms with Gasteiger partial charge < -0.3 is 10.4 Å². The number of nitrogens with zero attached hydrogens (tertiary/aromatic N) is 2. The van der Waals surface area contributed by atoms with Gasteiger partial charge in [-0.1, -0.05) is 0 Å². The second kappa shape index (κ2) is 8.27. The minimum absolute atomic E-state index is 0.0362. The van der Waals surface area contributed by atoms with Crippen LogP contribution in [0.3, 0.4) is 0 Å². The van der Waals surface area contributed by atoms with Crippen LogP contribution in [0.15, 0.2) is 52.6 Å². The van der Waals surface area contributed by atoms with Crippen LogP contribution in [0.25, 0.3) is 11.4 Å². The molecule has 2 N–H and O–H groups in total. The van der Waals surface area contributed by atoms with Gasteiger partial charge in [-0.25, -0.2) is 9.37 Å². The number of aromatic nitrogens is 1. The van der Waals surface area contributed by atoms with Gasteiger partial charge in [0.15, 0.2) is 0 Å². The third-order valence-corrected chi connectivity index (χ3v) is 4.66. The molecule has 0 radical (unpaired) electrons. The SMILES string of the molecule is CSc1cc(/C2=C(\c3ccc(F)cc3)N=CCC[C@@H](CO)N2)ccn1. The van der Waals surface area contributed by atoms with Crippen molar-refractivity contribution in [1.29, 1.82) is 0 Å². The molecule has 130 valence electrons. The number of thioether (sulfide) groups is 1. The van der Waals surface area contributed by atoms with E-state index in [4.69, 9.17) is 0 Å². The summed E-state index contributed by atoms with van der Waals surface area (Å²) in [5.41, 5.74) is 3.31. The van der Waals surface area contributed by atoms with E-state index in [1.54, 1.807) is 30.1 Å². The molecule has 0 bridgehead atoms. The molecule has 0 amide bonds. The summed E-state index contributed by atoms with van der Waals surface area (Å²) >= 11 is 1.56. The van der Waals surface area contributed by atoms with Gasteiger partial charge in [-0.3, -0.25) is 4.99 Å². The molecule has 6 heteroatoms. The Morgan fingerprint density at radius 2 is 2.04 bits per heavy atom. The minimum Gasteiger partial charge on any atom is -0.394 e. The lowest BCUT2D eigenvalue weighted by Gasteiger charge is -2.23. The number of aliphatic imine (C=N–C) groups is 1. The van der Waals surface area contributed by atoms with Crippen LogP contribution in [-0.4, -0.2) is 35.2 Å². The van der Waals surface area contributed by atoms with Crippen LogP contribution in [-0.2, 0) is 0 Å². The molecule has 0 aliphatic carbocycles.